The first-order valence-electron chi connectivity index (χ1n) is 9.95. The number of anilines is 1. The molecule has 5 nitrogen and oxygen atoms in total. The van der Waals surface area contributed by atoms with Crippen molar-refractivity contribution in [3.63, 3.8) is 0 Å². The third-order valence-electron chi connectivity index (χ3n) is 5.10. The first kappa shape index (κ1) is 20.1. The number of aryl methyl sites for hydroxylation is 3. The van der Waals surface area contributed by atoms with Crippen molar-refractivity contribution in [2.45, 2.75) is 46.1 Å². The van der Waals surface area contributed by atoms with E-state index in [-0.39, 0.29) is 12.0 Å². The minimum atomic E-state index is -0.176. The summed E-state index contributed by atoms with van der Waals surface area (Å²) in [5.74, 6) is 0.272. The van der Waals surface area contributed by atoms with Crippen LogP contribution < -0.4 is 10.6 Å². The van der Waals surface area contributed by atoms with Crippen LogP contribution in [-0.2, 0) is 11.2 Å². The molecule has 5 heteroatoms. The van der Waals surface area contributed by atoms with E-state index in [0.29, 0.717) is 18.1 Å². The number of carbonyl (C=O) groups excluding carboxylic acids is 1. The Balaban J connectivity index is 1.74. The highest BCUT2D eigenvalue weighted by Crippen LogP contribution is 2.15. The Morgan fingerprint density at radius 3 is 2.57 bits per heavy atom. The average molecular weight is 380 g/mol. The molecular formula is C23H29N3O2. The van der Waals surface area contributed by atoms with Gasteiger partial charge in [-0.05, 0) is 74.1 Å². The molecule has 0 saturated carbocycles. The summed E-state index contributed by atoms with van der Waals surface area (Å²) in [5.41, 5.74) is 5.13. The van der Waals surface area contributed by atoms with E-state index >= 15 is 0 Å². The number of benzene rings is 2. The molecule has 0 unspecified atom stereocenters. The molecule has 0 aromatic heterocycles. The molecule has 0 radical (unpaired) electrons. The summed E-state index contributed by atoms with van der Waals surface area (Å²) in [7, 11) is 0. The predicted octanol–water partition coefficient (Wildman–Crippen LogP) is 4.24. The number of hydrogen-bond donors (Lipinski definition) is 2. The van der Waals surface area contributed by atoms with Gasteiger partial charge >= 0.3 is 0 Å². The third kappa shape index (κ3) is 5.42. The van der Waals surface area contributed by atoms with Crippen LogP contribution in [0.3, 0.4) is 0 Å². The zero-order chi connectivity index (χ0) is 19.9. The highest BCUT2D eigenvalue weighted by Gasteiger charge is 2.16. The number of nitrogens with zero attached hydrogens (tertiary/aromatic N) is 1. The first-order chi connectivity index (χ1) is 13.5. The van der Waals surface area contributed by atoms with E-state index in [0.717, 1.165) is 31.6 Å². The van der Waals surface area contributed by atoms with Crippen molar-refractivity contribution < 1.29 is 9.53 Å². The lowest BCUT2D eigenvalue weighted by Gasteiger charge is -2.14. The molecule has 2 aromatic rings. The molecule has 28 heavy (non-hydrogen) atoms. The van der Waals surface area contributed by atoms with Gasteiger partial charge in [0, 0.05) is 17.9 Å². The minimum absolute atomic E-state index is 0.122. The normalized spacial score (nSPS) is 16.8. The fraction of sp³-hybridized carbons (Fsp3) is 0.391. The number of carbonyl (C=O) groups is 1. The Kier molecular flexibility index (Phi) is 6.82. The van der Waals surface area contributed by atoms with Gasteiger partial charge in [0.2, 0.25) is 5.96 Å². The van der Waals surface area contributed by atoms with Gasteiger partial charge < -0.3 is 10.1 Å². The number of nitrogens with one attached hydrogen (secondary N) is 2. The molecule has 0 bridgehead atoms. The fourth-order valence-electron chi connectivity index (χ4n) is 3.12. The van der Waals surface area contributed by atoms with Gasteiger partial charge in [-0.1, -0.05) is 25.1 Å². The molecular weight excluding hydrogens is 350 g/mol. The summed E-state index contributed by atoms with van der Waals surface area (Å²) in [6.45, 7) is 7.56. The first-order valence-corrected chi connectivity index (χ1v) is 9.95. The Hall–Kier alpha value is -2.66. The second kappa shape index (κ2) is 9.51. The third-order valence-corrected chi connectivity index (χ3v) is 5.10. The number of amides is 1. The van der Waals surface area contributed by atoms with Crippen LogP contribution >= 0.6 is 0 Å². The van der Waals surface area contributed by atoms with Gasteiger partial charge in [-0.3, -0.25) is 10.1 Å². The molecule has 1 aliphatic rings. The summed E-state index contributed by atoms with van der Waals surface area (Å²) in [4.78, 5) is 17.3. The predicted molar refractivity (Wildman–Crippen MR) is 114 cm³/mol. The lowest BCUT2D eigenvalue weighted by molar-refractivity contribution is 0.0975. The van der Waals surface area contributed by atoms with E-state index in [4.69, 9.17) is 4.74 Å². The van der Waals surface area contributed by atoms with Crippen molar-refractivity contribution in [2.75, 3.05) is 18.5 Å². The lowest BCUT2D eigenvalue weighted by atomic mass is 10.1. The quantitative estimate of drug-likeness (QED) is 0.603. The summed E-state index contributed by atoms with van der Waals surface area (Å²) in [6.07, 6.45) is 3.14. The average Bonchev–Trinajstić information content (AvgIpc) is 3.22. The van der Waals surface area contributed by atoms with Crippen LogP contribution in [0.4, 0.5) is 5.69 Å². The van der Waals surface area contributed by atoms with Crippen LogP contribution in [0.1, 0.15) is 46.8 Å². The fourth-order valence-corrected chi connectivity index (χ4v) is 3.12. The van der Waals surface area contributed by atoms with Crippen molar-refractivity contribution in [3.05, 3.63) is 64.7 Å². The van der Waals surface area contributed by atoms with E-state index < -0.39 is 0 Å². The van der Waals surface area contributed by atoms with Gasteiger partial charge in [0.15, 0.2) is 0 Å². The molecule has 2 N–H and O–H groups in total. The van der Waals surface area contributed by atoms with Crippen molar-refractivity contribution in [2.24, 2.45) is 4.99 Å². The summed E-state index contributed by atoms with van der Waals surface area (Å²) in [5, 5.41) is 6.18. The zero-order valence-corrected chi connectivity index (χ0v) is 16.9. The van der Waals surface area contributed by atoms with Crippen LogP contribution in [-0.4, -0.2) is 31.1 Å². The Morgan fingerprint density at radius 1 is 1.14 bits per heavy atom. The van der Waals surface area contributed by atoms with E-state index in [1.807, 2.05) is 30.3 Å². The number of hydrogen-bond acceptors (Lipinski definition) is 3. The maximum atomic E-state index is 12.7. The SMILES string of the molecule is CCc1ccc(C(=O)NC(=NC[C@@H]2CCCO2)Nc2ccc(C)c(C)c2)cc1. The summed E-state index contributed by atoms with van der Waals surface area (Å²) < 4.78 is 5.66. The highest BCUT2D eigenvalue weighted by molar-refractivity contribution is 6.10. The molecule has 3 rings (SSSR count). The Labute approximate surface area is 167 Å². The molecule has 1 atom stereocenters. The molecule has 1 fully saturated rings. The van der Waals surface area contributed by atoms with Crippen molar-refractivity contribution in [1.82, 2.24) is 5.32 Å². The van der Waals surface area contributed by atoms with Gasteiger partial charge in [0.1, 0.15) is 0 Å². The topological polar surface area (TPSA) is 62.7 Å². The monoisotopic (exact) mass is 379 g/mol. The molecule has 0 aliphatic carbocycles. The van der Waals surface area contributed by atoms with E-state index in [2.05, 4.69) is 48.5 Å². The molecule has 1 aliphatic heterocycles. The Bertz CT molecular complexity index is 837. The van der Waals surface area contributed by atoms with E-state index in [1.54, 1.807) is 0 Å². The second-order valence-corrected chi connectivity index (χ2v) is 7.25. The number of aliphatic imine (C=N–C) groups is 1. The van der Waals surface area contributed by atoms with Crippen LogP contribution in [0.15, 0.2) is 47.5 Å². The maximum Gasteiger partial charge on any atom is 0.257 e. The van der Waals surface area contributed by atoms with Crippen LogP contribution in [0.5, 0.6) is 0 Å². The van der Waals surface area contributed by atoms with Gasteiger partial charge in [-0.25, -0.2) is 4.99 Å². The van der Waals surface area contributed by atoms with Crippen molar-refractivity contribution >= 4 is 17.6 Å². The van der Waals surface area contributed by atoms with Crippen molar-refractivity contribution in [3.8, 4) is 0 Å². The zero-order valence-electron chi connectivity index (χ0n) is 16.9. The summed E-state index contributed by atoms with van der Waals surface area (Å²) >= 11 is 0. The van der Waals surface area contributed by atoms with Crippen LogP contribution in [0, 0.1) is 13.8 Å². The molecule has 2 aromatic carbocycles. The van der Waals surface area contributed by atoms with E-state index in [9.17, 15) is 4.79 Å². The van der Waals surface area contributed by atoms with Crippen LogP contribution in [0.2, 0.25) is 0 Å². The molecule has 1 saturated heterocycles. The minimum Gasteiger partial charge on any atom is -0.376 e. The van der Waals surface area contributed by atoms with Crippen LogP contribution in [0.25, 0.3) is 0 Å². The molecule has 1 heterocycles. The number of ether oxygens (including phenoxy) is 1. The standard InChI is InChI=1S/C23H29N3O2/c1-4-18-8-10-19(11-9-18)22(27)26-23(24-15-21-6-5-13-28-21)25-20-12-7-16(2)17(3)14-20/h7-12,14,21H,4-6,13,15H2,1-3H3,(H2,24,25,26,27)/t21-/m0/s1. The smallest absolute Gasteiger partial charge is 0.257 e. The molecule has 148 valence electrons. The molecule has 0 spiro atoms. The van der Waals surface area contributed by atoms with Gasteiger partial charge in [-0.2, -0.15) is 0 Å². The van der Waals surface area contributed by atoms with Gasteiger partial charge in [0.05, 0.1) is 12.6 Å². The largest absolute Gasteiger partial charge is 0.376 e. The highest BCUT2D eigenvalue weighted by atomic mass is 16.5. The van der Waals surface area contributed by atoms with Crippen molar-refractivity contribution in [1.29, 1.82) is 0 Å². The Morgan fingerprint density at radius 2 is 1.93 bits per heavy atom. The second-order valence-electron chi connectivity index (χ2n) is 7.25. The van der Waals surface area contributed by atoms with E-state index in [1.165, 1.54) is 16.7 Å². The maximum absolute atomic E-state index is 12.7. The summed E-state index contributed by atoms with van der Waals surface area (Å²) in [6, 6.07) is 13.8. The number of guanidine groups is 1. The van der Waals surface area contributed by atoms with Gasteiger partial charge in [-0.15, -0.1) is 0 Å². The lowest BCUT2D eigenvalue weighted by Crippen LogP contribution is -2.36. The number of rotatable bonds is 5. The van der Waals surface area contributed by atoms with Gasteiger partial charge in [0.25, 0.3) is 5.91 Å². The molecule has 1 amide bonds.